The minimum Gasteiger partial charge on any atom is -0.496 e. The van der Waals surface area contributed by atoms with E-state index in [9.17, 15) is 14.4 Å². The van der Waals surface area contributed by atoms with Gasteiger partial charge in [-0.15, -0.1) is 13.2 Å². The number of allylic oxidation sites excluding steroid dienone is 2. The molecule has 8 nitrogen and oxygen atoms in total. The van der Waals surface area contributed by atoms with Crippen molar-refractivity contribution in [2.75, 3.05) is 27.4 Å². The van der Waals surface area contributed by atoms with Crippen LogP contribution in [0.15, 0.2) is 62.2 Å². The number of fused-ring (bicyclic) bond motifs is 1. The summed E-state index contributed by atoms with van der Waals surface area (Å²) in [4.78, 5) is 40.9. The van der Waals surface area contributed by atoms with Crippen molar-refractivity contribution in [2.45, 2.75) is 82.9 Å². The number of ether oxygens (including phenoxy) is 3. The van der Waals surface area contributed by atoms with Gasteiger partial charge in [0.1, 0.15) is 23.7 Å². The number of benzene rings is 2. The van der Waals surface area contributed by atoms with Crippen LogP contribution in [-0.2, 0) is 24.7 Å². The average molecular weight is 619 g/mol. The number of likely N-dealkylation sites (tertiary alicyclic amines) is 1. The van der Waals surface area contributed by atoms with Gasteiger partial charge < -0.3 is 29.2 Å². The minimum atomic E-state index is -0.907. The first-order valence-electron chi connectivity index (χ1n) is 15.8. The predicted octanol–water partition coefficient (Wildman–Crippen LogP) is 7.36. The number of carbonyl (C=O) groups excluding carboxylic acids is 3. The monoisotopic (exact) mass is 618 g/mol. The van der Waals surface area contributed by atoms with Crippen LogP contribution in [0.25, 0.3) is 16.8 Å². The molecule has 3 atom stereocenters. The first kappa shape index (κ1) is 35.6. The molecule has 2 amide bonds. The average Bonchev–Trinajstić information content (AvgIpc) is 3.43. The van der Waals surface area contributed by atoms with Crippen molar-refractivity contribution in [1.29, 1.82) is 0 Å². The van der Waals surface area contributed by atoms with E-state index < -0.39 is 23.8 Å². The van der Waals surface area contributed by atoms with Gasteiger partial charge in [0.05, 0.1) is 26.3 Å². The lowest BCUT2D eigenvalue weighted by Gasteiger charge is -2.30. The summed E-state index contributed by atoms with van der Waals surface area (Å²) in [6.07, 6.45) is 11.3. The molecule has 1 N–H and O–H groups in total. The van der Waals surface area contributed by atoms with E-state index in [0.29, 0.717) is 19.3 Å². The highest BCUT2D eigenvalue weighted by Crippen LogP contribution is 2.40. The van der Waals surface area contributed by atoms with Crippen LogP contribution in [0.4, 0.5) is 4.79 Å². The maximum atomic E-state index is 14.1. The van der Waals surface area contributed by atoms with Gasteiger partial charge in [0.25, 0.3) is 0 Å². The Hall–Kier alpha value is -3.91. The van der Waals surface area contributed by atoms with E-state index in [-0.39, 0.29) is 24.5 Å². The number of nitrogens with one attached hydrogen (secondary N) is 1. The summed E-state index contributed by atoms with van der Waals surface area (Å²) in [5.41, 5.74) is 0.756. The molecule has 3 rings (SSSR count). The molecular weight excluding hydrogens is 568 g/mol. The summed E-state index contributed by atoms with van der Waals surface area (Å²) in [5.74, 6) is 0.408. The van der Waals surface area contributed by atoms with E-state index >= 15 is 0 Å². The van der Waals surface area contributed by atoms with Gasteiger partial charge in [-0.3, -0.25) is 4.79 Å². The van der Waals surface area contributed by atoms with Crippen molar-refractivity contribution in [1.82, 2.24) is 10.2 Å². The Labute approximate surface area is 268 Å². The van der Waals surface area contributed by atoms with Gasteiger partial charge in [0, 0.05) is 19.1 Å². The van der Waals surface area contributed by atoms with Crippen molar-refractivity contribution >= 4 is 35.1 Å². The van der Waals surface area contributed by atoms with Gasteiger partial charge in [-0.25, -0.2) is 4.79 Å². The molecule has 2 aromatic rings. The lowest BCUT2D eigenvalue weighted by atomic mass is 9.86. The fourth-order valence-corrected chi connectivity index (χ4v) is 6.03. The van der Waals surface area contributed by atoms with Gasteiger partial charge in [0.2, 0.25) is 5.91 Å². The molecule has 1 aliphatic rings. The molecular formula is C37H50N2O6. The van der Waals surface area contributed by atoms with Crippen LogP contribution in [0, 0.1) is 5.41 Å². The number of rotatable bonds is 18. The number of unbranched alkanes of at least 4 members (excludes halogenated alkanes) is 3. The third-order valence-electron chi connectivity index (χ3n) is 8.83. The summed E-state index contributed by atoms with van der Waals surface area (Å²) >= 11 is 0. The molecule has 45 heavy (non-hydrogen) atoms. The second kappa shape index (κ2) is 16.4. The van der Waals surface area contributed by atoms with Gasteiger partial charge >= 0.3 is 6.09 Å². The molecule has 0 unspecified atom stereocenters. The number of nitrogens with zero attached hydrogens (tertiary/aromatic N) is 1. The van der Waals surface area contributed by atoms with Crippen LogP contribution in [0.1, 0.15) is 76.3 Å². The summed E-state index contributed by atoms with van der Waals surface area (Å²) in [7, 11) is 3.23. The van der Waals surface area contributed by atoms with Gasteiger partial charge in [-0.05, 0) is 72.1 Å². The number of hydrogen-bond donors (Lipinski definition) is 1. The number of methoxy groups -OCH3 is 2. The van der Waals surface area contributed by atoms with E-state index in [1.165, 1.54) is 0 Å². The Kier molecular flexibility index (Phi) is 13.0. The predicted molar refractivity (Wildman–Crippen MR) is 180 cm³/mol. The number of carbonyl (C=O) groups is 3. The molecule has 244 valence electrons. The maximum Gasteiger partial charge on any atom is 0.407 e. The zero-order valence-electron chi connectivity index (χ0n) is 27.4. The smallest absolute Gasteiger partial charge is 0.407 e. The topological polar surface area (TPSA) is 94.2 Å². The molecule has 0 aliphatic carbocycles. The summed E-state index contributed by atoms with van der Waals surface area (Å²) < 4.78 is 17.1. The van der Waals surface area contributed by atoms with E-state index in [0.717, 1.165) is 66.0 Å². The first-order chi connectivity index (χ1) is 21.6. The standard InChI is InChI=1S/C37H50N2O6/c1-8-11-12-13-14-15-32(38-35(42)45-20-19-36(4,5)18-9-2)34(41)39-26-37(44-7,24-31(39)25-40)30-17-16-28-23-33(43-6)27(10-3)21-29(28)22-30/h8-10,16-17,21-23,25,31-32H,1-3,11-15,18-20,24,26H2,4-7H3,(H,38,42)/t31-,32-,37-/m0/s1. The van der Waals surface area contributed by atoms with Gasteiger partial charge in [0.15, 0.2) is 0 Å². The van der Waals surface area contributed by atoms with E-state index in [1.54, 1.807) is 25.2 Å². The highest BCUT2D eigenvalue weighted by atomic mass is 16.5. The molecule has 2 aromatic carbocycles. The second-order valence-corrected chi connectivity index (χ2v) is 12.6. The fourth-order valence-electron chi connectivity index (χ4n) is 6.03. The lowest BCUT2D eigenvalue weighted by molar-refractivity contribution is -0.137. The van der Waals surface area contributed by atoms with Crippen molar-refractivity contribution in [3.8, 4) is 5.75 Å². The summed E-state index contributed by atoms with van der Waals surface area (Å²) in [5, 5.41) is 4.76. The molecule has 1 aliphatic heterocycles. The Morgan fingerprint density at radius 1 is 1.09 bits per heavy atom. The third-order valence-corrected chi connectivity index (χ3v) is 8.83. The van der Waals surface area contributed by atoms with Crippen LogP contribution in [-0.4, -0.2) is 62.6 Å². The molecule has 0 saturated carbocycles. The largest absolute Gasteiger partial charge is 0.496 e. The van der Waals surface area contributed by atoms with Crippen LogP contribution in [0.2, 0.25) is 0 Å². The van der Waals surface area contributed by atoms with Gasteiger partial charge in [-0.2, -0.15) is 0 Å². The van der Waals surface area contributed by atoms with Crippen molar-refractivity contribution in [2.24, 2.45) is 5.41 Å². The minimum absolute atomic E-state index is 0.0549. The lowest BCUT2D eigenvalue weighted by Crippen LogP contribution is -2.51. The third kappa shape index (κ3) is 9.07. The highest BCUT2D eigenvalue weighted by Gasteiger charge is 2.48. The normalized spacial score (nSPS) is 18.7. The molecule has 8 heteroatoms. The zero-order valence-corrected chi connectivity index (χ0v) is 27.4. The maximum absolute atomic E-state index is 14.1. The van der Waals surface area contributed by atoms with Crippen LogP contribution in [0.3, 0.4) is 0 Å². The van der Waals surface area contributed by atoms with Crippen molar-refractivity contribution in [3.05, 3.63) is 73.3 Å². The van der Waals surface area contributed by atoms with E-state index in [2.05, 4.69) is 38.9 Å². The molecule has 1 heterocycles. The van der Waals surface area contributed by atoms with E-state index in [1.807, 2.05) is 42.5 Å². The number of amides is 2. The Morgan fingerprint density at radius 2 is 1.87 bits per heavy atom. The van der Waals surface area contributed by atoms with Crippen molar-refractivity contribution < 1.29 is 28.6 Å². The van der Waals surface area contributed by atoms with Crippen LogP contribution < -0.4 is 10.1 Å². The van der Waals surface area contributed by atoms with Gasteiger partial charge in [-0.1, -0.05) is 63.6 Å². The second-order valence-electron chi connectivity index (χ2n) is 12.6. The number of aldehydes is 1. The molecule has 0 spiro atoms. The number of alkyl carbamates (subject to hydrolysis) is 1. The Bertz CT molecular complexity index is 1370. The first-order valence-corrected chi connectivity index (χ1v) is 15.8. The summed E-state index contributed by atoms with van der Waals surface area (Å²) in [6.45, 7) is 16.0. The van der Waals surface area contributed by atoms with E-state index in [4.69, 9.17) is 14.2 Å². The SMILES string of the molecule is C=CCCCCC[C@H](NC(=O)OCCC(C)(C)CC=C)C(=O)N1C[C@](OC)(c2ccc3cc(OC)c(C=C)cc3c2)C[C@H]1C=O. The van der Waals surface area contributed by atoms with Crippen molar-refractivity contribution in [3.63, 3.8) is 0 Å². The molecule has 0 bridgehead atoms. The molecule has 1 saturated heterocycles. The Balaban J connectivity index is 1.83. The quantitative estimate of drug-likeness (QED) is 0.107. The van der Waals surface area contributed by atoms with Crippen LogP contribution in [0.5, 0.6) is 5.75 Å². The molecule has 1 fully saturated rings. The zero-order chi connectivity index (χ0) is 33.0. The van der Waals surface area contributed by atoms with Crippen LogP contribution >= 0.6 is 0 Å². The Morgan fingerprint density at radius 3 is 2.51 bits per heavy atom. The number of hydrogen-bond acceptors (Lipinski definition) is 6. The fraction of sp³-hybridized carbons (Fsp3) is 0.486. The molecule has 0 radical (unpaired) electrons. The summed E-state index contributed by atoms with van der Waals surface area (Å²) in [6, 6.07) is 8.39. The highest BCUT2D eigenvalue weighted by molar-refractivity contribution is 5.89. The molecule has 0 aromatic heterocycles.